The van der Waals surface area contributed by atoms with Crippen LogP contribution in [0.1, 0.15) is 11.1 Å². The van der Waals surface area contributed by atoms with Crippen LogP contribution in [-0.2, 0) is 0 Å². The van der Waals surface area contributed by atoms with Gasteiger partial charge in [0.15, 0.2) is 11.5 Å². The molecular weight excluding hydrogens is 216 g/mol. The minimum atomic E-state index is -0.308. The van der Waals surface area contributed by atoms with Crippen molar-refractivity contribution in [1.29, 1.82) is 0 Å². The fraction of sp³-hybridized carbons (Fsp3) is 0.143. The van der Waals surface area contributed by atoms with E-state index >= 15 is 0 Å². The summed E-state index contributed by atoms with van der Waals surface area (Å²) in [5, 5.41) is 29.0. The molecule has 3 nitrogen and oxygen atoms in total. The Hall–Kier alpha value is -2.16. The topological polar surface area (TPSA) is 60.7 Å². The Kier molecular flexibility index (Phi) is 2.68. The average Bonchev–Trinajstić information content (AvgIpc) is 2.29. The molecular formula is C14H14O3. The molecule has 17 heavy (non-hydrogen) atoms. The molecule has 0 amide bonds. The number of rotatable bonds is 1. The third-order valence-corrected chi connectivity index (χ3v) is 2.92. The smallest absolute Gasteiger partial charge is 0.161 e. The molecule has 0 saturated heterocycles. The van der Waals surface area contributed by atoms with E-state index in [4.69, 9.17) is 0 Å². The molecule has 2 rings (SSSR count). The van der Waals surface area contributed by atoms with E-state index in [0.29, 0.717) is 11.1 Å². The summed E-state index contributed by atoms with van der Waals surface area (Å²) < 4.78 is 0. The minimum Gasteiger partial charge on any atom is -0.507 e. The Morgan fingerprint density at radius 2 is 1.53 bits per heavy atom. The molecule has 0 aliphatic heterocycles. The fourth-order valence-corrected chi connectivity index (χ4v) is 1.97. The SMILES string of the molecule is Cc1ccccc1-c1c(O)cc(O)c(O)c1C. The van der Waals surface area contributed by atoms with Gasteiger partial charge in [0, 0.05) is 17.2 Å². The zero-order valence-corrected chi connectivity index (χ0v) is 9.73. The lowest BCUT2D eigenvalue weighted by Gasteiger charge is -2.13. The second-order valence-corrected chi connectivity index (χ2v) is 4.08. The predicted molar refractivity (Wildman–Crippen MR) is 66.3 cm³/mol. The van der Waals surface area contributed by atoms with Crippen molar-refractivity contribution in [2.45, 2.75) is 13.8 Å². The highest BCUT2D eigenvalue weighted by Gasteiger charge is 2.16. The fourth-order valence-electron chi connectivity index (χ4n) is 1.97. The molecule has 0 aliphatic rings. The van der Waals surface area contributed by atoms with E-state index < -0.39 is 0 Å². The standard InChI is InChI=1S/C14H14O3/c1-8-5-3-4-6-10(8)13-9(2)14(17)12(16)7-11(13)15/h3-7,15-17H,1-2H3. The van der Waals surface area contributed by atoms with E-state index in [-0.39, 0.29) is 17.2 Å². The van der Waals surface area contributed by atoms with E-state index in [0.717, 1.165) is 17.2 Å². The third-order valence-electron chi connectivity index (χ3n) is 2.92. The van der Waals surface area contributed by atoms with E-state index in [1.165, 1.54) is 0 Å². The lowest BCUT2D eigenvalue weighted by atomic mass is 9.95. The molecule has 0 radical (unpaired) electrons. The van der Waals surface area contributed by atoms with Gasteiger partial charge >= 0.3 is 0 Å². The summed E-state index contributed by atoms with van der Waals surface area (Å²) in [5.41, 5.74) is 2.86. The van der Waals surface area contributed by atoms with Gasteiger partial charge in [0.1, 0.15) is 5.75 Å². The Morgan fingerprint density at radius 3 is 2.18 bits per heavy atom. The summed E-state index contributed by atoms with van der Waals surface area (Å²) >= 11 is 0. The largest absolute Gasteiger partial charge is 0.507 e. The molecule has 0 unspecified atom stereocenters. The van der Waals surface area contributed by atoms with Crippen LogP contribution in [-0.4, -0.2) is 15.3 Å². The van der Waals surface area contributed by atoms with Crippen LogP contribution in [0.15, 0.2) is 30.3 Å². The molecule has 3 N–H and O–H groups in total. The van der Waals surface area contributed by atoms with Crippen molar-refractivity contribution in [2.24, 2.45) is 0 Å². The van der Waals surface area contributed by atoms with Crippen LogP contribution in [0.3, 0.4) is 0 Å². The lowest BCUT2D eigenvalue weighted by molar-refractivity contribution is 0.394. The first-order chi connectivity index (χ1) is 8.02. The molecule has 0 aromatic heterocycles. The predicted octanol–water partition coefficient (Wildman–Crippen LogP) is 3.09. The number of phenolic OH excluding ortho intramolecular Hbond substituents is 3. The van der Waals surface area contributed by atoms with Crippen molar-refractivity contribution < 1.29 is 15.3 Å². The first-order valence-corrected chi connectivity index (χ1v) is 5.33. The maximum atomic E-state index is 9.90. The number of phenols is 3. The number of hydrogen-bond acceptors (Lipinski definition) is 3. The summed E-state index contributed by atoms with van der Waals surface area (Å²) in [4.78, 5) is 0. The molecule has 0 spiro atoms. The number of hydrogen-bond donors (Lipinski definition) is 3. The van der Waals surface area contributed by atoms with Gasteiger partial charge in [-0.15, -0.1) is 0 Å². The van der Waals surface area contributed by atoms with Gasteiger partial charge in [-0.1, -0.05) is 24.3 Å². The van der Waals surface area contributed by atoms with E-state index in [2.05, 4.69) is 0 Å². The Balaban J connectivity index is 2.77. The molecule has 0 aliphatic carbocycles. The van der Waals surface area contributed by atoms with Crippen LogP contribution in [0.25, 0.3) is 11.1 Å². The van der Waals surface area contributed by atoms with E-state index in [1.807, 2.05) is 31.2 Å². The van der Waals surface area contributed by atoms with E-state index in [1.54, 1.807) is 6.92 Å². The molecule has 2 aromatic carbocycles. The molecule has 0 atom stereocenters. The monoisotopic (exact) mass is 230 g/mol. The van der Waals surface area contributed by atoms with Crippen LogP contribution in [0, 0.1) is 13.8 Å². The Morgan fingerprint density at radius 1 is 0.882 bits per heavy atom. The summed E-state index contributed by atoms with van der Waals surface area (Å²) in [6.07, 6.45) is 0. The van der Waals surface area contributed by atoms with Crippen molar-refractivity contribution in [2.75, 3.05) is 0 Å². The normalized spacial score (nSPS) is 10.5. The Bertz CT molecular complexity index is 574. The average molecular weight is 230 g/mol. The van der Waals surface area contributed by atoms with Crippen molar-refractivity contribution in [3.8, 4) is 28.4 Å². The van der Waals surface area contributed by atoms with Crippen LogP contribution in [0.4, 0.5) is 0 Å². The van der Waals surface area contributed by atoms with Crippen LogP contribution in [0.5, 0.6) is 17.2 Å². The van der Waals surface area contributed by atoms with Gasteiger partial charge in [-0.05, 0) is 25.0 Å². The highest BCUT2D eigenvalue weighted by molar-refractivity contribution is 5.79. The van der Waals surface area contributed by atoms with Gasteiger partial charge < -0.3 is 15.3 Å². The maximum absolute atomic E-state index is 9.90. The van der Waals surface area contributed by atoms with Crippen molar-refractivity contribution >= 4 is 0 Å². The maximum Gasteiger partial charge on any atom is 0.161 e. The highest BCUT2D eigenvalue weighted by Crippen LogP contribution is 2.43. The lowest BCUT2D eigenvalue weighted by Crippen LogP contribution is -1.89. The molecule has 88 valence electrons. The van der Waals surface area contributed by atoms with Crippen molar-refractivity contribution in [3.05, 3.63) is 41.5 Å². The van der Waals surface area contributed by atoms with Gasteiger partial charge in [0.05, 0.1) is 0 Å². The van der Waals surface area contributed by atoms with Crippen LogP contribution in [0.2, 0.25) is 0 Å². The summed E-state index contributed by atoms with van der Waals surface area (Å²) in [7, 11) is 0. The summed E-state index contributed by atoms with van der Waals surface area (Å²) in [5.74, 6) is -0.537. The zero-order chi connectivity index (χ0) is 12.6. The third kappa shape index (κ3) is 1.80. The van der Waals surface area contributed by atoms with Crippen molar-refractivity contribution in [3.63, 3.8) is 0 Å². The first-order valence-electron chi connectivity index (χ1n) is 5.33. The van der Waals surface area contributed by atoms with Gasteiger partial charge in [-0.3, -0.25) is 0 Å². The number of benzene rings is 2. The molecule has 0 fully saturated rings. The van der Waals surface area contributed by atoms with Gasteiger partial charge in [0.25, 0.3) is 0 Å². The van der Waals surface area contributed by atoms with Gasteiger partial charge in [0.2, 0.25) is 0 Å². The van der Waals surface area contributed by atoms with Crippen LogP contribution < -0.4 is 0 Å². The first kappa shape index (κ1) is 11.3. The molecule has 0 saturated carbocycles. The van der Waals surface area contributed by atoms with E-state index in [9.17, 15) is 15.3 Å². The highest BCUT2D eigenvalue weighted by atomic mass is 16.3. The summed E-state index contributed by atoms with van der Waals surface area (Å²) in [6, 6.07) is 8.73. The molecule has 0 heterocycles. The molecule has 0 bridgehead atoms. The Labute approximate surface area is 99.6 Å². The molecule has 2 aromatic rings. The summed E-state index contributed by atoms with van der Waals surface area (Å²) in [6.45, 7) is 3.59. The number of aromatic hydroxyl groups is 3. The van der Waals surface area contributed by atoms with Crippen molar-refractivity contribution in [1.82, 2.24) is 0 Å². The quantitative estimate of drug-likeness (QED) is 0.521. The molecule has 3 heteroatoms. The van der Waals surface area contributed by atoms with Gasteiger partial charge in [-0.2, -0.15) is 0 Å². The minimum absolute atomic E-state index is 0.0351. The second-order valence-electron chi connectivity index (χ2n) is 4.08. The zero-order valence-electron chi connectivity index (χ0n) is 9.73. The van der Waals surface area contributed by atoms with Crippen LogP contribution >= 0.6 is 0 Å². The number of aryl methyl sites for hydroxylation is 1. The van der Waals surface area contributed by atoms with Gasteiger partial charge in [-0.25, -0.2) is 0 Å². The second kappa shape index (κ2) is 4.01.